The predicted molar refractivity (Wildman–Crippen MR) is 68.7 cm³/mol. The van der Waals surface area contributed by atoms with E-state index in [0.717, 1.165) is 11.4 Å². The molecule has 1 rings (SSSR count). The molecule has 0 atom stereocenters. The van der Waals surface area contributed by atoms with Gasteiger partial charge in [-0.25, -0.2) is 0 Å². The van der Waals surface area contributed by atoms with E-state index in [4.69, 9.17) is 31.5 Å². The van der Waals surface area contributed by atoms with E-state index in [9.17, 15) is 0 Å². The molecule has 1 aromatic carbocycles. The summed E-state index contributed by atoms with van der Waals surface area (Å²) in [6.07, 6.45) is 0. The second-order valence-corrected chi connectivity index (χ2v) is 3.71. The van der Waals surface area contributed by atoms with Crippen LogP contribution >= 0.6 is 11.6 Å². The van der Waals surface area contributed by atoms with Crippen molar-refractivity contribution >= 4 is 17.3 Å². The van der Waals surface area contributed by atoms with Gasteiger partial charge >= 0.3 is 0 Å². The first-order valence-electron chi connectivity index (χ1n) is 5.52. The molecule has 0 heterocycles. The lowest BCUT2D eigenvalue weighted by Crippen LogP contribution is -2.11. The quantitative estimate of drug-likeness (QED) is 0.418. The summed E-state index contributed by atoms with van der Waals surface area (Å²) in [4.78, 5) is 0. The number of nitrogens with two attached hydrogens (primary N) is 1. The SMILES string of the molecule is Nc1ccc(OCCOCCOCCCl)cc1. The van der Waals surface area contributed by atoms with Gasteiger partial charge in [-0.3, -0.25) is 0 Å². The van der Waals surface area contributed by atoms with E-state index in [1.165, 1.54) is 0 Å². The molecule has 0 spiro atoms. The van der Waals surface area contributed by atoms with Crippen molar-refractivity contribution in [2.24, 2.45) is 0 Å². The fourth-order valence-electron chi connectivity index (χ4n) is 1.16. The smallest absolute Gasteiger partial charge is 0.119 e. The molecule has 0 amide bonds. The molecule has 0 saturated carbocycles. The van der Waals surface area contributed by atoms with Crippen molar-refractivity contribution in [3.63, 3.8) is 0 Å². The molecule has 0 saturated heterocycles. The van der Waals surface area contributed by atoms with Gasteiger partial charge in [-0.2, -0.15) is 0 Å². The van der Waals surface area contributed by atoms with Gasteiger partial charge in [0.15, 0.2) is 0 Å². The van der Waals surface area contributed by atoms with Gasteiger partial charge in [0.05, 0.1) is 26.4 Å². The van der Waals surface area contributed by atoms with Gasteiger partial charge in [0.2, 0.25) is 0 Å². The van der Waals surface area contributed by atoms with Crippen molar-refractivity contribution in [2.45, 2.75) is 0 Å². The van der Waals surface area contributed by atoms with E-state index >= 15 is 0 Å². The lowest BCUT2D eigenvalue weighted by molar-refractivity contribution is 0.0410. The average Bonchev–Trinajstić information content (AvgIpc) is 2.35. The Labute approximate surface area is 107 Å². The summed E-state index contributed by atoms with van der Waals surface area (Å²) in [5.41, 5.74) is 6.28. The number of nitrogen functional groups attached to an aromatic ring is 1. The number of ether oxygens (including phenoxy) is 3. The van der Waals surface area contributed by atoms with E-state index in [0.29, 0.717) is 38.9 Å². The zero-order valence-corrected chi connectivity index (χ0v) is 10.5. The normalized spacial score (nSPS) is 10.4. The Bertz CT molecular complexity index is 292. The third kappa shape index (κ3) is 7.05. The maximum Gasteiger partial charge on any atom is 0.119 e. The van der Waals surface area contributed by atoms with Crippen LogP contribution in [-0.2, 0) is 9.47 Å². The zero-order valence-electron chi connectivity index (χ0n) is 9.73. The fraction of sp³-hybridized carbons (Fsp3) is 0.500. The summed E-state index contributed by atoms with van der Waals surface area (Å²) < 4.78 is 15.9. The van der Waals surface area contributed by atoms with Crippen molar-refractivity contribution < 1.29 is 14.2 Å². The molecular formula is C12H18ClNO3. The Morgan fingerprint density at radius 3 is 2.12 bits per heavy atom. The number of hydrogen-bond acceptors (Lipinski definition) is 4. The van der Waals surface area contributed by atoms with Crippen LogP contribution in [0.2, 0.25) is 0 Å². The van der Waals surface area contributed by atoms with Crippen molar-refractivity contribution in [3.05, 3.63) is 24.3 Å². The van der Waals surface area contributed by atoms with Crippen molar-refractivity contribution in [1.82, 2.24) is 0 Å². The minimum absolute atomic E-state index is 0.513. The molecular weight excluding hydrogens is 242 g/mol. The molecule has 5 heteroatoms. The number of hydrogen-bond donors (Lipinski definition) is 1. The highest BCUT2D eigenvalue weighted by atomic mass is 35.5. The first kappa shape index (κ1) is 14.1. The lowest BCUT2D eigenvalue weighted by Gasteiger charge is -2.07. The molecule has 0 aromatic heterocycles. The van der Waals surface area contributed by atoms with Gasteiger partial charge < -0.3 is 19.9 Å². The highest BCUT2D eigenvalue weighted by Crippen LogP contribution is 2.12. The van der Waals surface area contributed by atoms with Crippen LogP contribution in [0.25, 0.3) is 0 Å². The van der Waals surface area contributed by atoms with Crippen molar-refractivity contribution in [2.75, 3.05) is 44.6 Å². The van der Waals surface area contributed by atoms with E-state index < -0.39 is 0 Å². The number of rotatable bonds is 9. The molecule has 0 aliphatic heterocycles. The molecule has 0 bridgehead atoms. The average molecular weight is 260 g/mol. The summed E-state index contributed by atoms with van der Waals surface area (Å²) >= 11 is 5.45. The van der Waals surface area contributed by atoms with Crippen LogP contribution in [0.1, 0.15) is 0 Å². The second kappa shape index (κ2) is 9.10. The molecule has 0 fully saturated rings. The molecule has 0 aliphatic carbocycles. The number of halogens is 1. The highest BCUT2D eigenvalue weighted by Gasteiger charge is 1.94. The number of alkyl halides is 1. The predicted octanol–water partition coefficient (Wildman–Crippen LogP) is 1.92. The summed E-state index contributed by atoms with van der Waals surface area (Å²) in [5, 5.41) is 0. The maximum atomic E-state index is 5.56. The van der Waals surface area contributed by atoms with E-state index in [1.807, 2.05) is 12.1 Å². The summed E-state index contributed by atoms with van der Waals surface area (Å²) in [6, 6.07) is 7.27. The molecule has 96 valence electrons. The molecule has 4 nitrogen and oxygen atoms in total. The zero-order chi connectivity index (χ0) is 12.3. The van der Waals surface area contributed by atoms with Crippen LogP contribution in [0.3, 0.4) is 0 Å². The number of anilines is 1. The van der Waals surface area contributed by atoms with E-state index in [1.54, 1.807) is 12.1 Å². The van der Waals surface area contributed by atoms with Crippen LogP contribution in [0.4, 0.5) is 5.69 Å². The molecule has 1 aromatic rings. The molecule has 2 N–H and O–H groups in total. The van der Waals surface area contributed by atoms with Crippen LogP contribution in [0.15, 0.2) is 24.3 Å². The van der Waals surface area contributed by atoms with Gasteiger partial charge in [0.1, 0.15) is 12.4 Å². The maximum absolute atomic E-state index is 5.56. The Morgan fingerprint density at radius 1 is 0.882 bits per heavy atom. The van der Waals surface area contributed by atoms with Gasteiger partial charge in [-0.15, -0.1) is 11.6 Å². The van der Waals surface area contributed by atoms with E-state index in [2.05, 4.69) is 0 Å². The Balaban J connectivity index is 1.95. The Morgan fingerprint density at radius 2 is 1.47 bits per heavy atom. The van der Waals surface area contributed by atoms with Crippen LogP contribution in [-0.4, -0.2) is 38.9 Å². The Hall–Kier alpha value is -0.970. The molecule has 0 unspecified atom stereocenters. The summed E-state index contributed by atoms with van der Waals surface area (Å²) in [7, 11) is 0. The third-order valence-electron chi connectivity index (χ3n) is 1.97. The number of benzene rings is 1. The molecule has 17 heavy (non-hydrogen) atoms. The monoisotopic (exact) mass is 259 g/mol. The summed E-state index contributed by atoms with van der Waals surface area (Å²) in [5.74, 6) is 1.31. The van der Waals surface area contributed by atoms with Crippen LogP contribution < -0.4 is 10.5 Å². The van der Waals surface area contributed by atoms with Crippen LogP contribution in [0.5, 0.6) is 5.75 Å². The minimum atomic E-state index is 0.513. The lowest BCUT2D eigenvalue weighted by atomic mass is 10.3. The minimum Gasteiger partial charge on any atom is -0.491 e. The molecule has 0 radical (unpaired) electrons. The highest BCUT2D eigenvalue weighted by molar-refractivity contribution is 6.17. The van der Waals surface area contributed by atoms with Crippen LogP contribution in [0, 0.1) is 0 Å². The van der Waals surface area contributed by atoms with Crippen molar-refractivity contribution in [3.8, 4) is 5.75 Å². The third-order valence-corrected chi connectivity index (χ3v) is 2.12. The Kier molecular flexibility index (Phi) is 7.54. The standard InChI is InChI=1S/C12H18ClNO3/c13-5-6-15-7-8-16-9-10-17-12-3-1-11(14)2-4-12/h1-4H,5-10,14H2. The van der Waals surface area contributed by atoms with Gasteiger partial charge in [0.25, 0.3) is 0 Å². The van der Waals surface area contributed by atoms with Gasteiger partial charge in [-0.05, 0) is 24.3 Å². The largest absolute Gasteiger partial charge is 0.491 e. The van der Waals surface area contributed by atoms with Gasteiger partial charge in [-0.1, -0.05) is 0 Å². The first-order chi connectivity index (χ1) is 8.33. The molecule has 0 aliphatic rings. The first-order valence-corrected chi connectivity index (χ1v) is 6.06. The topological polar surface area (TPSA) is 53.7 Å². The van der Waals surface area contributed by atoms with E-state index in [-0.39, 0.29) is 0 Å². The van der Waals surface area contributed by atoms with Gasteiger partial charge in [0, 0.05) is 11.6 Å². The second-order valence-electron chi connectivity index (χ2n) is 3.33. The van der Waals surface area contributed by atoms with Crippen molar-refractivity contribution in [1.29, 1.82) is 0 Å². The fourth-order valence-corrected chi connectivity index (χ4v) is 1.27. The summed E-state index contributed by atoms with van der Waals surface area (Å²) in [6.45, 7) is 2.73.